The summed E-state index contributed by atoms with van der Waals surface area (Å²) in [6.45, 7) is 6.43. The van der Waals surface area contributed by atoms with Gasteiger partial charge in [0.2, 0.25) is 11.9 Å². The molecule has 4 N–H and O–H groups in total. The van der Waals surface area contributed by atoms with E-state index in [1.807, 2.05) is 0 Å². The van der Waals surface area contributed by atoms with Gasteiger partial charge in [-0.1, -0.05) is 0 Å². The molecule has 1 aliphatic heterocycles. The minimum absolute atomic E-state index is 0.186. The van der Waals surface area contributed by atoms with Gasteiger partial charge in [0.1, 0.15) is 0 Å². The second-order valence-corrected chi connectivity index (χ2v) is 4.57. The Bertz CT molecular complexity index is 403. The number of nitrogen functional groups attached to an aromatic ring is 1. The number of hydrogen-bond donors (Lipinski definition) is 3. The molecule has 0 aromatic carbocycles. The zero-order valence-electron chi connectivity index (χ0n) is 11.8. The van der Waals surface area contributed by atoms with Crippen molar-refractivity contribution in [2.24, 2.45) is 5.84 Å². The quantitative estimate of drug-likeness (QED) is 0.461. The molecule has 1 saturated heterocycles. The molecule has 2 rings (SSSR count). The van der Waals surface area contributed by atoms with Crippen molar-refractivity contribution in [2.75, 3.05) is 50.7 Å². The first kappa shape index (κ1) is 14.7. The van der Waals surface area contributed by atoms with Gasteiger partial charge in [-0.05, 0) is 6.92 Å². The van der Waals surface area contributed by atoms with Crippen LogP contribution in [0.15, 0.2) is 0 Å². The Labute approximate surface area is 117 Å². The SMILES string of the molecule is COc1nc(NN)nc(NC(C)CN2CCOCC2)n1. The number of hydrogen-bond acceptors (Lipinski definition) is 9. The molecule has 0 radical (unpaired) electrons. The Hall–Kier alpha value is -1.71. The van der Waals surface area contributed by atoms with E-state index in [4.69, 9.17) is 15.3 Å². The number of nitrogens with zero attached hydrogens (tertiary/aromatic N) is 4. The molecule has 1 aromatic rings. The third-order valence-electron chi connectivity index (χ3n) is 2.94. The fraction of sp³-hybridized carbons (Fsp3) is 0.727. The summed E-state index contributed by atoms with van der Waals surface area (Å²) in [4.78, 5) is 14.6. The molecule has 112 valence electrons. The third kappa shape index (κ3) is 4.15. The van der Waals surface area contributed by atoms with Crippen molar-refractivity contribution in [3.05, 3.63) is 0 Å². The highest BCUT2D eigenvalue weighted by Crippen LogP contribution is 2.11. The van der Waals surface area contributed by atoms with Crippen LogP contribution in [0, 0.1) is 0 Å². The Balaban J connectivity index is 1.93. The smallest absolute Gasteiger partial charge is 0.322 e. The summed E-state index contributed by atoms with van der Waals surface area (Å²) >= 11 is 0. The first-order chi connectivity index (χ1) is 9.71. The maximum absolute atomic E-state index is 5.33. The van der Waals surface area contributed by atoms with E-state index in [2.05, 4.69) is 37.5 Å². The van der Waals surface area contributed by atoms with E-state index in [9.17, 15) is 0 Å². The van der Waals surface area contributed by atoms with Gasteiger partial charge in [0.25, 0.3) is 0 Å². The molecule has 1 aromatic heterocycles. The summed E-state index contributed by atoms with van der Waals surface area (Å²) < 4.78 is 10.3. The van der Waals surface area contributed by atoms with Crippen molar-refractivity contribution < 1.29 is 9.47 Å². The van der Waals surface area contributed by atoms with Crippen LogP contribution in [-0.2, 0) is 4.74 Å². The topological polar surface area (TPSA) is 110 Å². The lowest BCUT2D eigenvalue weighted by Crippen LogP contribution is -2.42. The van der Waals surface area contributed by atoms with Gasteiger partial charge in [-0.15, -0.1) is 0 Å². The number of aromatic nitrogens is 3. The van der Waals surface area contributed by atoms with Crippen molar-refractivity contribution in [1.82, 2.24) is 19.9 Å². The standard InChI is InChI=1S/C11H21N7O2/c1-8(7-18-3-5-20-6-4-18)13-9-14-10(17-12)16-11(15-9)19-2/h8H,3-7,12H2,1-2H3,(H2,13,14,15,16,17). The summed E-state index contributed by atoms with van der Waals surface area (Å²) in [5.74, 6) is 6.01. The summed E-state index contributed by atoms with van der Waals surface area (Å²) in [6.07, 6.45) is 0. The monoisotopic (exact) mass is 283 g/mol. The lowest BCUT2D eigenvalue weighted by molar-refractivity contribution is 0.0368. The first-order valence-electron chi connectivity index (χ1n) is 6.54. The van der Waals surface area contributed by atoms with Crippen LogP contribution >= 0.6 is 0 Å². The third-order valence-corrected chi connectivity index (χ3v) is 2.94. The summed E-state index contributed by atoms with van der Waals surface area (Å²) in [5.41, 5.74) is 2.39. The Morgan fingerprint density at radius 3 is 2.65 bits per heavy atom. The number of hydrazine groups is 1. The fourth-order valence-electron chi connectivity index (χ4n) is 2.01. The van der Waals surface area contributed by atoms with E-state index in [-0.39, 0.29) is 18.0 Å². The van der Waals surface area contributed by atoms with Gasteiger partial charge in [0.05, 0.1) is 20.3 Å². The molecule has 0 spiro atoms. The molecule has 1 atom stereocenters. The number of anilines is 2. The zero-order valence-corrected chi connectivity index (χ0v) is 11.8. The molecule has 20 heavy (non-hydrogen) atoms. The highest BCUT2D eigenvalue weighted by atomic mass is 16.5. The molecular formula is C11H21N7O2. The number of nitrogens with two attached hydrogens (primary N) is 1. The van der Waals surface area contributed by atoms with Crippen LogP contribution in [0.4, 0.5) is 11.9 Å². The predicted octanol–water partition coefficient (Wildman–Crippen LogP) is -0.702. The maximum atomic E-state index is 5.33. The summed E-state index contributed by atoms with van der Waals surface area (Å²) in [5, 5.41) is 3.22. The van der Waals surface area contributed by atoms with Crippen molar-refractivity contribution in [3.63, 3.8) is 0 Å². The summed E-state index contributed by atoms with van der Waals surface area (Å²) in [6, 6.07) is 0.403. The van der Waals surface area contributed by atoms with Gasteiger partial charge >= 0.3 is 6.01 Å². The van der Waals surface area contributed by atoms with E-state index in [0.29, 0.717) is 5.95 Å². The van der Waals surface area contributed by atoms with Crippen LogP contribution in [0.1, 0.15) is 6.92 Å². The molecule has 1 aliphatic rings. The number of morpholine rings is 1. The van der Waals surface area contributed by atoms with Crippen LogP contribution in [-0.4, -0.2) is 65.9 Å². The van der Waals surface area contributed by atoms with E-state index < -0.39 is 0 Å². The van der Waals surface area contributed by atoms with Crippen molar-refractivity contribution in [2.45, 2.75) is 13.0 Å². The lowest BCUT2D eigenvalue weighted by atomic mass is 10.3. The molecule has 0 aliphatic carbocycles. The van der Waals surface area contributed by atoms with E-state index in [1.54, 1.807) is 0 Å². The normalized spacial score (nSPS) is 17.6. The minimum Gasteiger partial charge on any atom is -0.467 e. The van der Waals surface area contributed by atoms with Crippen LogP contribution in [0.3, 0.4) is 0 Å². The first-order valence-corrected chi connectivity index (χ1v) is 6.54. The summed E-state index contributed by atoms with van der Waals surface area (Å²) in [7, 11) is 1.50. The largest absolute Gasteiger partial charge is 0.467 e. The molecule has 0 amide bonds. The predicted molar refractivity (Wildman–Crippen MR) is 74.5 cm³/mol. The molecule has 0 saturated carbocycles. The van der Waals surface area contributed by atoms with Crippen LogP contribution in [0.5, 0.6) is 6.01 Å². The van der Waals surface area contributed by atoms with Crippen molar-refractivity contribution in [3.8, 4) is 6.01 Å². The number of rotatable bonds is 6. The Morgan fingerprint density at radius 2 is 2.00 bits per heavy atom. The van der Waals surface area contributed by atoms with Gasteiger partial charge in [0, 0.05) is 25.7 Å². The van der Waals surface area contributed by atoms with Crippen LogP contribution in [0.2, 0.25) is 0 Å². The van der Waals surface area contributed by atoms with E-state index >= 15 is 0 Å². The molecular weight excluding hydrogens is 262 g/mol. The highest BCUT2D eigenvalue weighted by Gasteiger charge is 2.15. The second-order valence-electron chi connectivity index (χ2n) is 4.57. The highest BCUT2D eigenvalue weighted by molar-refractivity contribution is 5.35. The molecule has 2 heterocycles. The van der Waals surface area contributed by atoms with Gasteiger partial charge < -0.3 is 14.8 Å². The van der Waals surface area contributed by atoms with E-state index in [1.165, 1.54) is 7.11 Å². The molecule has 9 heteroatoms. The van der Waals surface area contributed by atoms with Crippen molar-refractivity contribution >= 4 is 11.9 Å². The zero-order chi connectivity index (χ0) is 14.4. The van der Waals surface area contributed by atoms with Crippen LogP contribution in [0.25, 0.3) is 0 Å². The average Bonchev–Trinajstić information content (AvgIpc) is 2.47. The van der Waals surface area contributed by atoms with E-state index in [0.717, 1.165) is 32.8 Å². The average molecular weight is 283 g/mol. The number of ether oxygens (including phenoxy) is 2. The van der Waals surface area contributed by atoms with Gasteiger partial charge in [-0.2, -0.15) is 15.0 Å². The second kappa shape index (κ2) is 7.17. The minimum atomic E-state index is 0.186. The maximum Gasteiger partial charge on any atom is 0.322 e. The van der Waals surface area contributed by atoms with Crippen LogP contribution < -0.4 is 21.3 Å². The fourth-order valence-corrected chi connectivity index (χ4v) is 2.01. The van der Waals surface area contributed by atoms with Gasteiger partial charge in [0.15, 0.2) is 0 Å². The Kier molecular flexibility index (Phi) is 5.27. The number of methoxy groups -OCH3 is 1. The lowest BCUT2D eigenvalue weighted by Gasteiger charge is -2.29. The molecule has 0 bridgehead atoms. The van der Waals surface area contributed by atoms with Crippen molar-refractivity contribution in [1.29, 1.82) is 0 Å². The Morgan fingerprint density at radius 1 is 1.30 bits per heavy atom. The van der Waals surface area contributed by atoms with Gasteiger partial charge in [-0.25, -0.2) is 5.84 Å². The molecule has 9 nitrogen and oxygen atoms in total. The number of nitrogens with one attached hydrogen (secondary N) is 2. The molecule has 1 unspecified atom stereocenters. The van der Waals surface area contributed by atoms with Gasteiger partial charge in [-0.3, -0.25) is 10.3 Å². The molecule has 1 fully saturated rings.